The SMILES string of the molecule is CC1(NC(=O)C2(C(=O)O)CCC2)CCCC1. The molecular formula is C12H19NO3. The van der Waals surface area contributed by atoms with E-state index in [1.54, 1.807) is 0 Å². The van der Waals surface area contributed by atoms with Crippen molar-refractivity contribution in [1.82, 2.24) is 5.32 Å². The molecule has 0 aromatic heterocycles. The van der Waals surface area contributed by atoms with Crippen LogP contribution in [0.15, 0.2) is 0 Å². The summed E-state index contributed by atoms with van der Waals surface area (Å²) in [6, 6.07) is 0. The largest absolute Gasteiger partial charge is 0.480 e. The maximum absolute atomic E-state index is 12.1. The van der Waals surface area contributed by atoms with Crippen LogP contribution in [-0.4, -0.2) is 22.5 Å². The first-order chi connectivity index (χ1) is 7.49. The molecule has 2 aliphatic rings. The standard InChI is InChI=1S/C12H19NO3/c1-11(5-2-3-6-11)13-9(14)12(10(15)16)7-4-8-12/h2-8H2,1H3,(H,13,14)(H,15,16). The van der Waals surface area contributed by atoms with Gasteiger partial charge in [-0.2, -0.15) is 0 Å². The summed E-state index contributed by atoms with van der Waals surface area (Å²) < 4.78 is 0. The van der Waals surface area contributed by atoms with Crippen molar-refractivity contribution in [1.29, 1.82) is 0 Å². The summed E-state index contributed by atoms with van der Waals surface area (Å²) in [6.45, 7) is 2.02. The number of hydrogen-bond donors (Lipinski definition) is 2. The molecule has 2 saturated carbocycles. The molecule has 0 unspecified atom stereocenters. The first-order valence-corrected chi connectivity index (χ1v) is 6.05. The lowest BCUT2D eigenvalue weighted by atomic mass is 9.67. The first-order valence-electron chi connectivity index (χ1n) is 6.05. The number of amides is 1. The van der Waals surface area contributed by atoms with Crippen molar-refractivity contribution < 1.29 is 14.7 Å². The molecule has 2 fully saturated rings. The Morgan fingerprint density at radius 1 is 1.06 bits per heavy atom. The molecule has 0 aromatic carbocycles. The molecule has 0 aliphatic heterocycles. The molecule has 4 nitrogen and oxygen atoms in total. The summed E-state index contributed by atoms with van der Waals surface area (Å²) >= 11 is 0. The van der Waals surface area contributed by atoms with E-state index in [2.05, 4.69) is 5.32 Å². The molecule has 2 rings (SSSR count). The van der Waals surface area contributed by atoms with Crippen LogP contribution in [0.2, 0.25) is 0 Å². The van der Waals surface area contributed by atoms with Gasteiger partial charge in [0.1, 0.15) is 5.41 Å². The molecule has 0 radical (unpaired) electrons. The third kappa shape index (κ3) is 1.70. The highest BCUT2D eigenvalue weighted by atomic mass is 16.4. The molecule has 4 heteroatoms. The Hall–Kier alpha value is -1.06. The average molecular weight is 225 g/mol. The van der Waals surface area contributed by atoms with Crippen LogP contribution >= 0.6 is 0 Å². The van der Waals surface area contributed by atoms with E-state index in [0.717, 1.165) is 32.1 Å². The van der Waals surface area contributed by atoms with Crippen molar-refractivity contribution in [3.8, 4) is 0 Å². The number of aliphatic carboxylic acids is 1. The molecule has 2 N–H and O–H groups in total. The second-order valence-corrected chi connectivity index (χ2v) is 5.46. The minimum atomic E-state index is -1.12. The second kappa shape index (κ2) is 3.75. The smallest absolute Gasteiger partial charge is 0.319 e. The number of nitrogens with one attached hydrogen (secondary N) is 1. The Balaban J connectivity index is 2.04. The zero-order valence-corrected chi connectivity index (χ0v) is 9.71. The average Bonchev–Trinajstić information content (AvgIpc) is 2.48. The molecule has 0 bridgehead atoms. The van der Waals surface area contributed by atoms with Crippen LogP contribution in [0.1, 0.15) is 51.9 Å². The molecule has 0 saturated heterocycles. The highest BCUT2D eigenvalue weighted by molar-refractivity contribution is 6.03. The van der Waals surface area contributed by atoms with Gasteiger partial charge in [-0.3, -0.25) is 9.59 Å². The van der Waals surface area contributed by atoms with Gasteiger partial charge in [0.15, 0.2) is 0 Å². The van der Waals surface area contributed by atoms with Gasteiger partial charge in [0.25, 0.3) is 0 Å². The Bertz CT molecular complexity index is 314. The minimum absolute atomic E-state index is 0.172. The van der Waals surface area contributed by atoms with Crippen LogP contribution in [0.3, 0.4) is 0 Å². The molecule has 0 heterocycles. The van der Waals surface area contributed by atoms with Crippen LogP contribution in [0, 0.1) is 5.41 Å². The van der Waals surface area contributed by atoms with E-state index in [1.165, 1.54) is 0 Å². The summed E-state index contributed by atoms with van der Waals surface area (Å²) in [5.74, 6) is -1.23. The molecule has 0 aromatic rings. The van der Waals surface area contributed by atoms with Crippen molar-refractivity contribution >= 4 is 11.9 Å². The number of carbonyl (C=O) groups excluding carboxylic acids is 1. The molecule has 16 heavy (non-hydrogen) atoms. The van der Waals surface area contributed by atoms with Gasteiger partial charge in [-0.15, -0.1) is 0 Å². The zero-order chi connectivity index (χ0) is 11.8. The van der Waals surface area contributed by atoms with Crippen LogP contribution in [0.4, 0.5) is 0 Å². The summed E-state index contributed by atoms with van der Waals surface area (Å²) in [4.78, 5) is 23.2. The predicted molar refractivity (Wildman–Crippen MR) is 58.9 cm³/mol. The van der Waals surface area contributed by atoms with E-state index in [-0.39, 0.29) is 11.4 Å². The number of hydrogen-bond acceptors (Lipinski definition) is 2. The van der Waals surface area contributed by atoms with Gasteiger partial charge in [0, 0.05) is 5.54 Å². The van der Waals surface area contributed by atoms with E-state index in [1.807, 2.05) is 6.92 Å². The van der Waals surface area contributed by atoms with Gasteiger partial charge >= 0.3 is 5.97 Å². The van der Waals surface area contributed by atoms with Gasteiger partial charge in [-0.05, 0) is 32.6 Å². The van der Waals surface area contributed by atoms with Crippen molar-refractivity contribution in [2.24, 2.45) is 5.41 Å². The van der Waals surface area contributed by atoms with Crippen LogP contribution in [-0.2, 0) is 9.59 Å². The monoisotopic (exact) mass is 225 g/mol. The molecule has 0 atom stereocenters. The summed E-state index contributed by atoms with van der Waals surface area (Å²) in [5, 5.41) is 12.1. The normalized spacial score (nSPS) is 25.8. The number of carboxylic acids is 1. The quantitative estimate of drug-likeness (QED) is 0.718. The Labute approximate surface area is 95.4 Å². The topological polar surface area (TPSA) is 66.4 Å². The Morgan fingerprint density at radius 3 is 2.00 bits per heavy atom. The highest BCUT2D eigenvalue weighted by Gasteiger charge is 2.52. The lowest BCUT2D eigenvalue weighted by Crippen LogP contribution is -2.56. The fourth-order valence-corrected chi connectivity index (χ4v) is 2.74. The van der Waals surface area contributed by atoms with Gasteiger partial charge < -0.3 is 10.4 Å². The van der Waals surface area contributed by atoms with Gasteiger partial charge in [-0.25, -0.2) is 0 Å². The lowest BCUT2D eigenvalue weighted by molar-refractivity contribution is -0.162. The fourth-order valence-electron chi connectivity index (χ4n) is 2.74. The van der Waals surface area contributed by atoms with Crippen LogP contribution < -0.4 is 5.32 Å². The number of carboxylic acid groups (broad SMARTS) is 1. The molecule has 90 valence electrons. The number of rotatable bonds is 3. The van der Waals surface area contributed by atoms with Crippen LogP contribution in [0.25, 0.3) is 0 Å². The molecule has 2 aliphatic carbocycles. The fraction of sp³-hybridized carbons (Fsp3) is 0.833. The summed E-state index contributed by atoms with van der Waals surface area (Å²) in [7, 11) is 0. The molecule has 1 amide bonds. The van der Waals surface area contributed by atoms with Crippen molar-refractivity contribution in [2.45, 2.75) is 57.4 Å². The van der Waals surface area contributed by atoms with E-state index in [9.17, 15) is 9.59 Å². The number of carbonyl (C=O) groups is 2. The van der Waals surface area contributed by atoms with E-state index < -0.39 is 11.4 Å². The molecular weight excluding hydrogens is 206 g/mol. The minimum Gasteiger partial charge on any atom is -0.480 e. The van der Waals surface area contributed by atoms with Gasteiger partial charge in [-0.1, -0.05) is 19.3 Å². The zero-order valence-electron chi connectivity index (χ0n) is 9.71. The summed E-state index contributed by atoms with van der Waals surface area (Å²) in [6.07, 6.45) is 6.00. The summed E-state index contributed by atoms with van der Waals surface area (Å²) in [5.41, 5.74) is -1.29. The third-order valence-corrected chi connectivity index (χ3v) is 4.17. The van der Waals surface area contributed by atoms with Gasteiger partial charge in [0.2, 0.25) is 5.91 Å². The lowest BCUT2D eigenvalue weighted by Gasteiger charge is -2.39. The van der Waals surface area contributed by atoms with Gasteiger partial charge in [0.05, 0.1) is 0 Å². The van der Waals surface area contributed by atoms with Crippen molar-refractivity contribution in [2.75, 3.05) is 0 Å². The van der Waals surface area contributed by atoms with E-state index in [0.29, 0.717) is 12.8 Å². The van der Waals surface area contributed by atoms with E-state index >= 15 is 0 Å². The third-order valence-electron chi connectivity index (χ3n) is 4.17. The first kappa shape index (κ1) is 11.4. The van der Waals surface area contributed by atoms with Crippen LogP contribution in [0.5, 0.6) is 0 Å². The predicted octanol–water partition coefficient (Wildman–Crippen LogP) is 1.69. The Morgan fingerprint density at radius 2 is 1.62 bits per heavy atom. The second-order valence-electron chi connectivity index (χ2n) is 5.46. The molecule has 0 spiro atoms. The Kier molecular flexibility index (Phi) is 2.68. The van der Waals surface area contributed by atoms with Crippen molar-refractivity contribution in [3.63, 3.8) is 0 Å². The highest BCUT2D eigenvalue weighted by Crippen LogP contribution is 2.42. The van der Waals surface area contributed by atoms with Crippen molar-refractivity contribution in [3.05, 3.63) is 0 Å². The van der Waals surface area contributed by atoms with E-state index in [4.69, 9.17) is 5.11 Å². The maximum atomic E-state index is 12.1. The maximum Gasteiger partial charge on any atom is 0.319 e.